The van der Waals surface area contributed by atoms with E-state index in [0.717, 1.165) is 71.0 Å². The molecule has 0 radical (unpaired) electrons. The first-order chi connectivity index (χ1) is 10.1. The Kier molecular flexibility index (Phi) is 4.28. The highest BCUT2D eigenvalue weighted by molar-refractivity contribution is 5.87. The number of fused-ring (bicyclic) bond motifs is 1. The molecule has 4 nitrogen and oxygen atoms in total. The Morgan fingerprint density at radius 3 is 2.86 bits per heavy atom. The first kappa shape index (κ1) is 15.3. The Hall–Kier alpha value is -0.610. The summed E-state index contributed by atoms with van der Waals surface area (Å²) < 4.78 is 0. The van der Waals surface area contributed by atoms with Gasteiger partial charge in [-0.25, -0.2) is 0 Å². The van der Waals surface area contributed by atoms with Gasteiger partial charge in [0, 0.05) is 19.0 Å². The van der Waals surface area contributed by atoms with Crippen LogP contribution in [0.5, 0.6) is 0 Å². The van der Waals surface area contributed by atoms with Crippen molar-refractivity contribution in [2.24, 2.45) is 5.92 Å². The van der Waals surface area contributed by atoms with Gasteiger partial charge in [0.25, 0.3) is 0 Å². The van der Waals surface area contributed by atoms with Crippen molar-refractivity contribution in [1.82, 2.24) is 10.2 Å². The number of nitrogens with zero attached hydrogens (tertiary/aromatic N) is 1. The normalized spacial score (nSPS) is 40.1. The van der Waals surface area contributed by atoms with Gasteiger partial charge in [0.2, 0.25) is 5.91 Å². The van der Waals surface area contributed by atoms with Gasteiger partial charge in [-0.3, -0.25) is 4.79 Å². The van der Waals surface area contributed by atoms with E-state index in [-0.39, 0.29) is 5.54 Å². The van der Waals surface area contributed by atoms with Gasteiger partial charge >= 0.3 is 0 Å². The number of carbonyl (C=O) groups is 1. The average Bonchev–Trinajstić information content (AvgIpc) is 2.96. The van der Waals surface area contributed by atoms with Gasteiger partial charge in [-0.2, -0.15) is 0 Å². The molecule has 1 amide bonds. The Bertz CT molecular complexity index is 392. The lowest BCUT2D eigenvalue weighted by atomic mass is 9.71. The van der Waals surface area contributed by atoms with Crippen LogP contribution in [0.4, 0.5) is 0 Å². The summed E-state index contributed by atoms with van der Waals surface area (Å²) in [5, 5.41) is 14.3. The molecule has 2 heterocycles. The zero-order valence-electron chi connectivity index (χ0n) is 13.4. The van der Waals surface area contributed by atoms with E-state index in [1.165, 1.54) is 6.42 Å². The second-order valence-corrected chi connectivity index (χ2v) is 7.41. The summed E-state index contributed by atoms with van der Waals surface area (Å²) in [7, 11) is 0. The minimum Gasteiger partial charge on any atom is -0.389 e. The van der Waals surface area contributed by atoms with Crippen molar-refractivity contribution < 1.29 is 9.90 Å². The second kappa shape index (κ2) is 5.88. The Labute approximate surface area is 128 Å². The molecule has 3 rings (SSSR count). The monoisotopic (exact) mass is 294 g/mol. The molecular formula is C17H30N2O2. The number of amides is 1. The highest BCUT2D eigenvalue weighted by atomic mass is 16.3. The molecule has 2 saturated heterocycles. The van der Waals surface area contributed by atoms with Crippen molar-refractivity contribution in [2.45, 2.75) is 75.9 Å². The third kappa shape index (κ3) is 2.72. The SMILES string of the molecule is CCCC1(C(=O)N2CCC3(O)CCCCC3C2)CCCN1. The van der Waals surface area contributed by atoms with Crippen LogP contribution in [0.3, 0.4) is 0 Å². The number of hydrogen-bond acceptors (Lipinski definition) is 3. The number of hydrogen-bond donors (Lipinski definition) is 2. The molecule has 4 heteroatoms. The largest absolute Gasteiger partial charge is 0.389 e. The molecule has 0 bridgehead atoms. The van der Waals surface area contributed by atoms with Crippen LogP contribution in [0.15, 0.2) is 0 Å². The van der Waals surface area contributed by atoms with E-state index in [1.54, 1.807) is 0 Å². The summed E-state index contributed by atoms with van der Waals surface area (Å²) in [6, 6.07) is 0. The van der Waals surface area contributed by atoms with E-state index in [2.05, 4.69) is 17.1 Å². The summed E-state index contributed by atoms with van der Waals surface area (Å²) in [6.07, 6.45) is 9.18. The quantitative estimate of drug-likeness (QED) is 0.838. The van der Waals surface area contributed by atoms with Crippen LogP contribution >= 0.6 is 0 Å². The van der Waals surface area contributed by atoms with Crippen LogP contribution < -0.4 is 5.32 Å². The first-order valence-corrected chi connectivity index (χ1v) is 8.86. The Morgan fingerprint density at radius 1 is 1.29 bits per heavy atom. The molecule has 1 saturated carbocycles. The van der Waals surface area contributed by atoms with Crippen molar-refractivity contribution in [3.63, 3.8) is 0 Å². The maximum absolute atomic E-state index is 13.1. The molecule has 2 N–H and O–H groups in total. The van der Waals surface area contributed by atoms with Gasteiger partial charge in [0.1, 0.15) is 0 Å². The van der Waals surface area contributed by atoms with Crippen LogP contribution in [-0.2, 0) is 4.79 Å². The topological polar surface area (TPSA) is 52.6 Å². The van der Waals surface area contributed by atoms with E-state index < -0.39 is 5.60 Å². The van der Waals surface area contributed by atoms with Crippen molar-refractivity contribution in [3.05, 3.63) is 0 Å². The number of nitrogens with one attached hydrogen (secondary N) is 1. The average molecular weight is 294 g/mol. The molecular weight excluding hydrogens is 264 g/mol. The van der Waals surface area contributed by atoms with Crippen LogP contribution in [0.25, 0.3) is 0 Å². The van der Waals surface area contributed by atoms with Gasteiger partial charge in [0.05, 0.1) is 11.1 Å². The predicted octanol–water partition coefficient (Wildman–Crippen LogP) is 2.06. The summed E-state index contributed by atoms with van der Waals surface area (Å²) >= 11 is 0. The van der Waals surface area contributed by atoms with Gasteiger partial charge in [-0.05, 0) is 45.1 Å². The molecule has 0 spiro atoms. The lowest BCUT2D eigenvalue weighted by Crippen LogP contribution is -2.61. The van der Waals surface area contributed by atoms with Gasteiger partial charge in [-0.1, -0.05) is 26.2 Å². The third-order valence-electron chi connectivity index (χ3n) is 6.04. The number of carbonyl (C=O) groups excluding carboxylic acids is 1. The number of likely N-dealkylation sites (tertiary alicyclic amines) is 1. The summed E-state index contributed by atoms with van der Waals surface area (Å²) in [5.74, 6) is 0.596. The van der Waals surface area contributed by atoms with Crippen LogP contribution in [0, 0.1) is 5.92 Å². The van der Waals surface area contributed by atoms with Gasteiger partial charge in [0.15, 0.2) is 0 Å². The van der Waals surface area contributed by atoms with Gasteiger partial charge in [-0.15, -0.1) is 0 Å². The summed E-state index contributed by atoms with van der Waals surface area (Å²) in [4.78, 5) is 15.1. The molecule has 0 aromatic carbocycles. The summed E-state index contributed by atoms with van der Waals surface area (Å²) in [5.41, 5.74) is -0.797. The molecule has 0 aromatic heterocycles. The van der Waals surface area contributed by atoms with Crippen molar-refractivity contribution in [1.29, 1.82) is 0 Å². The number of rotatable bonds is 3. The second-order valence-electron chi connectivity index (χ2n) is 7.41. The maximum atomic E-state index is 13.1. The van der Waals surface area contributed by atoms with Gasteiger partial charge < -0.3 is 15.3 Å². The third-order valence-corrected chi connectivity index (χ3v) is 6.04. The van der Waals surface area contributed by atoms with E-state index in [4.69, 9.17) is 0 Å². The van der Waals surface area contributed by atoms with Crippen molar-refractivity contribution in [3.8, 4) is 0 Å². The van der Waals surface area contributed by atoms with Crippen LogP contribution in [0.2, 0.25) is 0 Å². The molecule has 3 fully saturated rings. The highest BCUT2D eigenvalue weighted by Crippen LogP contribution is 2.40. The number of aliphatic hydroxyl groups is 1. The zero-order valence-corrected chi connectivity index (χ0v) is 13.4. The molecule has 3 unspecified atom stereocenters. The fraction of sp³-hybridized carbons (Fsp3) is 0.941. The molecule has 1 aliphatic carbocycles. The van der Waals surface area contributed by atoms with Crippen molar-refractivity contribution >= 4 is 5.91 Å². The number of piperidine rings is 1. The molecule has 0 aromatic rings. The Morgan fingerprint density at radius 2 is 2.14 bits per heavy atom. The lowest BCUT2D eigenvalue weighted by molar-refractivity contribution is -0.149. The molecule has 120 valence electrons. The van der Waals surface area contributed by atoms with Crippen LogP contribution in [0.1, 0.15) is 64.7 Å². The standard InChI is InChI=1S/C17H30N2O2/c1-2-7-16(8-5-11-18-16)15(20)19-12-10-17(21)9-4-3-6-14(17)13-19/h14,18,21H,2-13H2,1H3. The lowest BCUT2D eigenvalue weighted by Gasteiger charge is -2.49. The minimum absolute atomic E-state index is 0.295. The van der Waals surface area contributed by atoms with Crippen molar-refractivity contribution in [2.75, 3.05) is 19.6 Å². The molecule has 21 heavy (non-hydrogen) atoms. The minimum atomic E-state index is -0.490. The maximum Gasteiger partial charge on any atom is 0.242 e. The fourth-order valence-electron chi connectivity index (χ4n) is 4.79. The van der Waals surface area contributed by atoms with E-state index in [0.29, 0.717) is 11.8 Å². The van der Waals surface area contributed by atoms with Crippen LogP contribution in [-0.4, -0.2) is 46.7 Å². The fourth-order valence-corrected chi connectivity index (χ4v) is 4.79. The molecule has 3 aliphatic rings. The predicted molar refractivity (Wildman–Crippen MR) is 83.0 cm³/mol. The molecule has 2 aliphatic heterocycles. The first-order valence-electron chi connectivity index (χ1n) is 8.86. The molecule has 3 atom stereocenters. The highest BCUT2D eigenvalue weighted by Gasteiger charge is 2.48. The van der Waals surface area contributed by atoms with E-state index >= 15 is 0 Å². The van der Waals surface area contributed by atoms with E-state index in [9.17, 15) is 9.90 Å². The zero-order chi connectivity index (χ0) is 14.9. The smallest absolute Gasteiger partial charge is 0.242 e. The Balaban J connectivity index is 1.71. The van der Waals surface area contributed by atoms with E-state index in [1.807, 2.05) is 0 Å². The summed E-state index contributed by atoms with van der Waals surface area (Å²) in [6.45, 7) is 4.62.